The maximum atomic E-state index is 12.9. The molecular formula is C20H20N2O2. The Morgan fingerprint density at radius 1 is 1.12 bits per heavy atom. The monoisotopic (exact) mass is 320 g/mol. The molecule has 0 bridgehead atoms. The second kappa shape index (κ2) is 6.81. The highest BCUT2D eigenvalue weighted by molar-refractivity contribution is 6.07. The van der Waals surface area contributed by atoms with E-state index in [9.17, 15) is 9.90 Å². The van der Waals surface area contributed by atoms with E-state index in [1.54, 1.807) is 11.9 Å². The Balaban J connectivity index is 2.17. The van der Waals surface area contributed by atoms with E-state index in [1.165, 1.54) is 0 Å². The number of benzene rings is 2. The minimum absolute atomic E-state index is 0.0726. The number of aliphatic hydroxyl groups excluding tert-OH is 1. The number of hydrogen-bond donors (Lipinski definition) is 1. The highest BCUT2D eigenvalue weighted by Gasteiger charge is 2.20. The van der Waals surface area contributed by atoms with Crippen molar-refractivity contribution in [3.05, 3.63) is 66.2 Å². The Hall–Kier alpha value is -2.72. The molecule has 1 amide bonds. The first-order chi connectivity index (χ1) is 11.6. The summed E-state index contributed by atoms with van der Waals surface area (Å²) in [4.78, 5) is 19.2. The molecule has 0 aliphatic carbocycles. The van der Waals surface area contributed by atoms with Crippen molar-refractivity contribution in [3.8, 4) is 11.3 Å². The van der Waals surface area contributed by atoms with Crippen molar-refractivity contribution in [2.24, 2.45) is 0 Å². The van der Waals surface area contributed by atoms with E-state index in [0.717, 1.165) is 22.2 Å². The molecule has 4 heteroatoms. The topological polar surface area (TPSA) is 53.4 Å². The molecule has 4 nitrogen and oxygen atoms in total. The summed E-state index contributed by atoms with van der Waals surface area (Å²) in [5.41, 5.74) is 3.12. The number of likely N-dealkylation sites (N-methyl/N-ethyl adjacent to an activating group) is 1. The lowest BCUT2D eigenvalue weighted by atomic mass is 10.0. The normalized spacial score (nSPS) is 12.1. The Kier molecular flexibility index (Phi) is 4.58. The van der Waals surface area contributed by atoms with E-state index in [-0.39, 0.29) is 18.6 Å². The van der Waals surface area contributed by atoms with Crippen molar-refractivity contribution in [2.45, 2.75) is 13.0 Å². The van der Waals surface area contributed by atoms with Crippen LogP contribution in [0.4, 0.5) is 0 Å². The second-order valence-corrected chi connectivity index (χ2v) is 5.89. The van der Waals surface area contributed by atoms with Gasteiger partial charge in [0.2, 0.25) is 0 Å². The summed E-state index contributed by atoms with van der Waals surface area (Å²) >= 11 is 0. The fourth-order valence-corrected chi connectivity index (χ4v) is 2.62. The average Bonchev–Trinajstić information content (AvgIpc) is 2.66. The van der Waals surface area contributed by atoms with Gasteiger partial charge in [0.25, 0.3) is 5.91 Å². The zero-order chi connectivity index (χ0) is 17.1. The standard InChI is InChI=1S/C20H20N2O2/c1-14(13-23)22(2)20(24)17-12-19(15-8-4-3-5-9-15)21-18-11-7-6-10-16(17)18/h3-12,14,23H,13H2,1-2H3. The van der Waals surface area contributed by atoms with E-state index in [1.807, 2.05) is 67.6 Å². The Labute approximate surface area is 141 Å². The van der Waals surface area contributed by atoms with Crippen molar-refractivity contribution in [1.29, 1.82) is 0 Å². The quantitative estimate of drug-likeness (QED) is 0.802. The number of amides is 1. The molecule has 3 aromatic rings. The van der Waals surface area contributed by atoms with Gasteiger partial charge in [-0.1, -0.05) is 48.5 Å². The molecule has 0 aliphatic heterocycles. The van der Waals surface area contributed by atoms with Gasteiger partial charge in [-0.05, 0) is 19.1 Å². The summed E-state index contributed by atoms with van der Waals surface area (Å²) in [6.07, 6.45) is 0. The van der Waals surface area contributed by atoms with Gasteiger partial charge in [0.05, 0.1) is 29.4 Å². The Morgan fingerprint density at radius 2 is 1.79 bits per heavy atom. The predicted molar refractivity (Wildman–Crippen MR) is 95.8 cm³/mol. The largest absolute Gasteiger partial charge is 0.394 e. The lowest BCUT2D eigenvalue weighted by Crippen LogP contribution is -2.37. The van der Waals surface area contributed by atoms with Gasteiger partial charge >= 0.3 is 0 Å². The molecular weight excluding hydrogens is 300 g/mol. The molecule has 0 saturated heterocycles. The first-order valence-electron chi connectivity index (χ1n) is 7.95. The Morgan fingerprint density at radius 3 is 2.50 bits per heavy atom. The minimum Gasteiger partial charge on any atom is -0.394 e. The predicted octanol–water partition coefficient (Wildman–Crippen LogP) is 3.35. The highest BCUT2D eigenvalue weighted by Crippen LogP contribution is 2.25. The van der Waals surface area contributed by atoms with Crippen LogP contribution in [0.1, 0.15) is 17.3 Å². The van der Waals surface area contributed by atoms with Gasteiger partial charge in [0, 0.05) is 18.0 Å². The molecule has 1 N–H and O–H groups in total. The number of carbonyl (C=O) groups excluding carboxylic acids is 1. The third-order valence-electron chi connectivity index (χ3n) is 4.26. The molecule has 0 radical (unpaired) electrons. The number of aliphatic hydroxyl groups is 1. The SMILES string of the molecule is CC(CO)N(C)C(=O)c1cc(-c2ccccc2)nc2ccccc12. The van der Waals surface area contributed by atoms with Crippen LogP contribution in [-0.4, -0.2) is 40.6 Å². The summed E-state index contributed by atoms with van der Waals surface area (Å²) in [5.74, 6) is -0.118. The van der Waals surface area contributed by atoms with Gasteiger partial charge in [-0.25, -0.2) is 4.98 Å². The van der Waals surface area contributed by atoms with Gasteiger partial charge in [-0.3, -0.25) is 4.79 Å². The fourth-order valence-electron chi connectivity index (χ4n) is 2.62. The number of carbonyl (C=O) groups is 1. The van der Waals surface area contributed by atoms with Crippen LogP contribution in [0.3, 0.4) is 0 Å². The van der Waals surface area contributed by atoms with Crippen molar-refractivity contribution >= 4 is 16.8 Å². The molecule has 1 unspecified atom stereocenters. The van der Waals surface area contributed by atoms with Crippen LogP contribution in [0.25, 0.3) is 22.2 Å². The molecule has 1 aromatic heterocycles. The molecule has 2 aromatic carbocycles. The Bertz CT molecular complexity index is 862. The van der Waals surface area contributed by atoms with Crippen LogP contribution in [0.5, 0.6) is 0 Å². The minimum atomic E-state index is -0.246. The maximum Gasteiger partial charge on any atom is 0.254 e. The van der Waals surface area contributed by atoms with Gasteiger partial charge in [0.15, 0.2) is 0 Å². The third kappa shape index (κ3) is 3.01. The molecule has 0 saturated carbocycles. The summed E-state index contributed by atoms with van der Waals surface area (Å²) in [5, 5.41) is 10.2. The maximum absolute atomic E-state index is 12.9. The van der Waals surface area contributed by atoms with Crippen LogP contribution in [0.15, 0.2) is 60.7 Å². The van der Waals surface area contributed by atoms with E-state index < -0.39 is 0 Å². The number of pyridine rings is 1. The van der Waals surface area contributed by atoms with Crippen LogP contribution < -0.4 is 0 Å². The summed E-state index contributed by atoms with van der Waals surface area (Å²) in [7, 11) is 1.71. The van der Waals surface area contributed by atoms with Gasteiger partial charge in [-0.15, -0.1) is 0 Å². The number of aromatic nitrogens is 1. The lowest BCUT2D eigenvalue weighted by Gasteiger charge is -2.24. The smallest absolute Gasteiger partial charge is 0.254 e. The molecule has 1 heterocycles. The molecule has 0 spiro atoms. The summed E-state index contributed by atoms with van der Waals surface area (Å²) in [6, 6.07) is 19.0. The van der Waals surface area contributed by atoms with E-state index in [4.69, 9.17) is 4.98 Å². The first-order valence-corrected chi connectivity index (χ1v) is 7.95. The van der Waals surface area contributed by atoms with E-state index >= 15 is 0 Å². The van der Waals surface area contributed by atoms with E-state index in [2.05, 4.69) is 0 Å². The molecule has 0 fully saturated rings. The zero-order valence-corrected chi connectivity index (χ0v) is 13.8. The lowest BCUT2D eigenvalue weighted by molar-refractivity contribution is 0.0684. The van der Waals surface area contributed by atoms with Gasteiger partial charge in [-0.2, -0.15) is 0 Å². The van der Waals surface area contributed by atoms with Crippen LogP contribution in [0.2, 0.25) is 0 Å². The van der Waals surface area contributed by atoms with Gasteiger partial charge in [0.1, 0.15) is 0 Å². The average molecular weight is 320 g/mol. The summed E-state index contributed by atoms with van der Waals surface area (Å²) in [6.45, 7) is 1.75. The van der Waals surface area contributed by atoms with Crippen molar-refractivity contribution < 1.29 is 9.90 Å². The van der Waals surface area contributed by atoms with E-state index in [0.29, 0.717) is 5.56 Å². The molecule has 0 aliphatic rings. The van der Waals surface area contributed by atoms with Gasteiger partial charge < -0.3 is 10.0 Å². The number of fused-ring (bicyclic) bond motifs is 1. The van der Waals surface area contributed by atoms with Crippen molar-refractivity contribution in [3.63, 3.8) is 0 Å². The van der Waals surface area contributed by atoms with Crippen molar-refractivity contribution in [1.82, 2.24) is 9.88 Å². The van der Waals surface area contributed by atoms with Crippen LogP contribution in [0, 0.1) is 0 Å². The van der Waals surface area contributed by atoms with Crippen molar-refractivity contribution in [2.75, 3.05) is 13.7 Å². The second-order valence-electron chi connectivity index (χ2n) is 5.89. The number of para-hydroxylation sites is 1. The number of hydrogen-bond acceptors (Lipinski definition) is 3. The molecule has 1 atom stereocenters. The molecule has 24 heavy (non-hydrogen) atoms. The zero-order valence-electron chi connectivity index (χ0n) is 13.8. The number of rotatable bonds is 4. The fraction of sp³-hybridized carbons (Fsp3) is 0.200. The number of nitrogens with zero attached hydrogens (tertiary/aromatic N) is 2. The molecule has 3 rings (SSSR count). The summed E-state index contributed by atoms with van der Waals surface area (Å²) < 4.78 is 0. The van der Waals surface area contributed by atoms with Crippen LogP contribution >= 0.6 is 0 Å². The highest BCUT2D eigenvalue weighted by atomic mass is 16.3. The third-order valence-corrected chi connectivity index (χ3v) is 4.26. The van der Waals surface area contributed by atoms with Crippen LogP contribution in [-0.2, 0) is 0 Å². The first kappa shape index (κ1) is 16.1. The molecule has 122 valence electrons.